The molecule has 7 nitrogen and oxygen atoms in total. The molecule has 0 fully saturated rings. The van der Waals surface area contributed by atoms with Crippen molar-refractivity contribution >= 4 is 12.4 Å². The fourth-order valence-electron chi connectivity index (χ4n) is 0.937. The first-order valence-electron chi connectivity index (χ1n) is 4.86. The van der Waals surface area contributed by atoms with Gasteiger partial charge in [-0.2, -0.15) is 0 Å². The van der Waals surface area contributed by atoms with Crippen LogP contribution in [0.1, 0.15) is 6.92 Å². The third kappa shape index (κ3) is 14.1. The molecule has 0 atom stereocenters. The van der Waals surface area contributed by atoms with Crippen molar-refractivity contribution in [1.29, 1.82) is 0 Å². The van der Waals surface area contributed by atoms with Gasteiger partial charge in [-0.1, -0.05) is 12.2 Å². The molecule has 0 unspecified atom stereocenters. The summed E-state index contributed by atoms with van der Waals surface area (Å²) in [5.74, 6) is 0. The van der Waals surface area contributed by atoms with E-state index in [1.165, 1.54) is 17.3 Å². The largest absolute Gasteiger partial charge is 0 e. The van der Waals surface area contributed by atoms with Crippen molar-refractivity contribution in [3.63, 3.8) is 0 Å². The predicted molar refractivity (Wildman–Crippen MR) is 63.1 cm³/mol. The fourth-order valence-corrected chi connectivity index (χ4v) is 0.937. The number of allylic oxidation sites excluding steroid dienone is 4. The summed E-state index contributed by atoms with van der Waals surface area (Å²) < 4.78 is 27.3. The van der Waals surface area contributed by atoms with Crippen LogP contribution in [0.4, 0.5) is 4.79 Å². The van der Waals surface area contributed by atoms with E-state index in [4.69, 9.17) is 18.7 Å². The molecular formula is C13H11FeNO6. The number of rotatable bonds is 2. The maximum atomic E-state index is 11.3. The van der Waals surface area contributed by atoms with Gasteiger partial charge in [-0.25, -0.2) is 4.79 Å². The topological polar surface area (TPSA) is 106 Å². The van der Waals surface area contributed by atoms with Crippen molar-refractivity contribution in [2.75, 3.05) is 6.61 Å². The molecule has 0 radical (unpaired) electrons. The zero-order chi connectivity index (χ0) is 16.4. The van der Waals surface area contributed by atoms with Crippen molar-refractivity contribution in [2.45, 2.75) is 6.92 Å². The Morgan fingerprint density at radius 1 is 1.24 bits per heavy atom. The molecule has 0 aromatic carbocycles. The molecule has 0 saturated heterocycles. The van der Waals surface area contributed by atoms with Gasteiger partial charge < -0.3 is 4.74 Å². The Labute approximate surface area is 132 Å². The van der Waals surface area contributed by atoms with E-state index < -0.39 is 6.09 Å². The molecular weight excluding hydrogens is 322 g/mol. The molecule has 1 aliphatic rings. The first-order valence-corrected chi connectivity index (χ1v) is 4.86. The molecule has 0 bridgehead atoms. The van der Waals surface area contributed by atoms with Gasteiger partial charge in [0.2, 0.25) is 0 Å². The predicted octanol–water partition coefficient (Wildman–Crippen LogP) is 1.50. The molecule has 0 aromatic heterocycles. The Morgan fingerprint density at radius 3 is 2.19 bits per heavy atom. The number of amides is 1. The SMILES string of the molecule is CCOC(=O)N1C=CC=CC(C=O)=C1.[C-]#[O+].[C-]#[O+].[C-]#[O+].[Fe]. The van der Waals surface area contributed by atoms with E-state index in [0.29, 0.717) is 18.5 Å². The summed E-state index contributed by atoms with van der Waals surface area (Å²) in [6, 6.07) is 0. The zero-order valence-corrected chi connectivity index (χ0v) is 12.0. The number of carbonyl (C=O) groups excluding carboxylic acids is 2. The molecule has 0 aromatic rings. The van der Waals surface area contributed by atoms with Crippen LogP contribution in [0.15, 0.2) is 36.2 Å². The van der Waals surface area contributed by atoms with Crippen LogP contribution in [-0.2, 0) is 40.6 Å². The average molecular weight is 333 g/mol. The van der Waals surface area contributed by atoms with Crippen LogP contribution in [0.2, 0.25) is 0 Å². The Kier molecular flexibility index (Phi) is 29.9. The number of hydrogen-bond donors (Lipinski definition) is 0. The van der Waals surface area contributed by atoms with Gasteiger partial charge >= 0.3 is 40.0 Å². The van der Waals surface area contributed by atoms with Gasteiger partial charge in [0.05, 0.1) is 6.61 Å². The standard InChI is InChI=1S/C10H11NO3.3CO.Fe/c1-2-14-10(13)11-6-4-3-5-9(7-11)8-12;3*1-2;/h3-8H,2H2,1H3;;;;. The van der Waals surface area contributed by atoms with Gasteiger partial charge in [0, 0.05) is 35.0 Å². The van der Waals surface area contributed by atoms with E-state index in [1.54, 1.807) is 25.2 Å². The van der Waals surface area contributed by atoms with Crippen molar-refractivity contribution in [2.24, 2.45) is 0 Å². The molecule has 112 valence electrons. The molecule has 1 rings (SSSR count). The minimum Gasteiger partial charge on any atom is 0 e. The monoisotopic (exact) mass is 333 g/mol. The molecule has 0 aliphatic carbocycles. The van der Waals surface area contributed by atoms with Crippen LogP contribution in [-0.4, -0.2) is 23.9 Å². The first-order chi connectivity index (χ1) is 9.77. The van der Waals surface area contributed by atoms with Gasteiger partial charge in [0.1, 0.15) is 0 Å². The molecule has 1 aliphatic heterocycles. The van der Waals surface area contributed by atoms with E-state index in [9.17, 15) is 9.59 Å². The summed E-state index contributed by atoms with van der Waals surface area (Å²) in [6.45, 7) is 15.5. The van der Waals surface area contributed by atoms with Crippen LogP contribution < -0.4 is 0 Å². The van der Waals surface area contributed by atoms with Crippen molar-refractivity contribution < 1.29 is 45.4 Å². The van der Waals surface area contributed by atoms with Crippen LogP contribution in [0, 0.1) is 20.0 Å². The molecule has 0 N–H and O–H groups in total. The molecule has 1 heterocycles. The number of aldehydes is 1. The van der Waals surface area contributed by atoms with E-state index in [0.717, 1.165) is 0 Å². The van der Waals surface area contributed by atoms with Gasteiger partial charge in [-0.15, -0.1) is 0 Å². The molecule has 0 spiro atoms. The van der Waals surface area contributed by atoms with Crippen LogP contribution in [0.3, 0.4) is 0 Å². The number of ether oxygens (including phenoxy) is 1. The van der Waals surface area contributed by atoms with Crippen molar-refractivity contribution in [1.82, 2.24) is 4.90 Å². The van der Waals surface area contributed by atoms with Crippen LogP contribution in [0.5, 0.6) is 0 Å². The summed E-state index contributed by atoms with van der Waals surface area (Å²) in [5, 5.41) is 0. The van der Waals surface area contributed by atoms with Crippen molar-refractivity contribution in [3.8, 4) is 0 Å². The summed E-state index contributed by atoms with van der Waals surface area (Å²) in [6.07, 6.45) is 8.09. The quantitative estimate of drug-likeness (QED) is 0.331. The second-order valence-corrected chi connectivity index (χ2v) is 2.55. The minimum atomic E-state index is -0.494. The van der Waals surface area contributed by atoms with E-state index in [1.807, 2.05) is 0 Å². The van der Waals surface area contributed by atoms with E-state index in [-0.39, 0.29) is 17.1 Å². The Hall–Kier alpha value is -2.10. The number of nitrogens with zero attached hydrogens (tertiary/aromatic N) is 1. The molecule has 8 heteroatoms. The van der Waals surface area contributed by atoms with Gasteiger partial charge in [-0.3, -0.25) is 9.69 Å². The maximum absolute atomic E-state index is 11.3. The Morgan fingerprint density at radius 2 is 1.76 bits per heavy atom. The molecule has 21 heavy (non-hydrogen) atoms. The average Bonchev–Trinajstić information content (AvgIpc) is 2.79. The number of carbonyl (C=O) groups is 2. The Bertz CT molecular complexity index is 419. The third-order valence-corrected chi connectivity index (χ3v) is 1.55. The van der Waals surface area contributed by atoms with Crippen LogP contribution >= 0.6 is 0 Å². The van der Waals surface area contributed by atoms with E-state index >= 15 is 0 Å². The van der Waals surface area contributed by atoms with Gasteiger partial charge in [0.25, 0.3) is 0 Å². The molecule has 0 saturated carbocycles. The molecule has 1 amide bonds. The second-order valence-electron chi connectivity index (χ2n) is 2.55. The van der Waals surface area contributed by atoms with Crippen molar-refractivity contribution in [3.05, 3.63) is 56.2 Å². The number of hydrogen-bond acceptors (Lipinski definition) is 3. The maximum Gasteiger partial charge on any atom is 0 e. The van der Waals surface area contributed by atoms with Crippen LogP contribution in [0.25, 0.3) is 0 Å². The smallest absolute Gasteiger partial charge is 0 e. The second kappa shape index (κ2) is 23.0. The first kappa shape index (κ1) is 27.3. The summed E-state index contributed by atoms with van der Waals surface area (Å²) in [5.41, 5.74) is 0.419. The zero-order valence-electron chi connectivity index (χ0n) is 10.9. The summed E-state index contributed by atoms with van der Waals surface area (Å²) in [7, 11) is 0. The summed E-state index contributed by atoms with van der Waals surface area (Å²) in [4.78, 5) is 23.0. The van der Waals surface area contributed by atoms with Gasteiger partial charge in [-0.05, 0) is 13.0 Å². The van der Waals surface area contributed by atoms with Gasteiger partial charge in [0.15, 0.2) is 6.29 Å². The van der Waals surface area contributed by atoms with E-state index in [2.05, 4.69) is 20.0 Å². The Balaban J connectivity index is -0.000000183. The summed E-state index contributed by atoms with van der Waals surface area (Å²) >= 11 is 0. The fraction of sp³-hybridized carbons (Fsp3) is 0.154. The normalized spacial score (nSPS) is 10.0. The third-order valence-electron chi connectivity index (χ3n) is 1.55. The minimum absolute atomic E-state index is 0.